The summed E-state index contributed by atoms with van der Waals surface area (Å²) in [6.45, 7) is 14.2. The number of nitrogens with two attached hydrogens (primary N) is 1. The van der Waals surface area contributed by atoms with Crippen molar-refractivity contribution in [2.45, 2.75) is 70.5 Å². The number of rotatable bonds is 7. The summed E-state index contributed by atoms with van der Waals surface area (Å²) in [5.41, 5.74) is 5.96. The lowest BCUT2D eigenvalue weighted by Gasteiger charge is -2.51. The molecule has 1 fully saturated rings. The number of hydrogen-bond donors (Lipinski definition) is 1. The Bertz CT molecular complexity index is 368. The van der Waals surface area contributed by atoms with E-state index in [0.29, 0.717) is 6.54 Å². The van der Waals surface area contributed by atoms with Gasteiger partial charge in [-0.3, -0.25) is 4.79 Å². The predicted molar refractivity (Wildman–Crippen MR) is 87.7 cm³/mol. The summed E-state index contributed by atoms with van der Waals surface area (Å²) in [6.07, 6.45) is 0.366. The lowest BCUT2D eigenvalue weighted by Crippen LogP contribution is -2.72. The molecule has 1 aliphatic heterocycles. The number of methoxy groups -OCH3 is 1. The molecule has 1 aliphatic rings. The molecular formula is C15H32N2O3Si. The predicted octanol–water partition coefficient (Wildman–Crippen LogP) is 1.97. The molecule has 1 rings (SSSR count). The molecule has 5 nitrogen and oxygen atoms in total. The van der Waals surface area contributed by atoms with E-state index in [0.717, 1.165) is 13.0 Å². The van der Waals surface area contributed by atoms with Crippen LogP contribution in [0.2, 0.25) is 18.1 Å². The zero-order chi connectivity index (χ0) is 16.4. The van der Waals surface area contributed by atoms with Gasteiger partial charge in [0.1, 0.15) is 0 Å². The quantitative estimate of drug-likeness (QED) is 0.576. The number of ether oxygens (including phenoxy) is 1. The summed E-state index contributed by atoms with van der Waals surface area (Å²) in [5, 5.41) is 0.117. The highest BCUT2D eigenvalue weighted by molar-refractivity contribution is 6.74. The van der Waals surface area contributed by atoms with Crippen LogP contribution in [0.25, 0.3) is 0 Å². The Labute approximate surface area is 130 Å². The van der Waals surface area contributed by atoms with E-state index in [1.165, 1.54) is 0 Å². The number of nitrogens with zero attached hydrogens (tertiary/aromatic N) is 1. The Morgan fingerprint density at radius 3 is 2.33 bits per heavy atom. The van der Waals surface area contributed by atoms with Crippen LogP contribution in [0, 0.1) is 0 Å². The van der Waals surface area contributed by atoms with Crippen LogP contribution >= 0.6 is 0 Å². The first-order valence-corrected chi connectivity index (χ1v) is 10.7. The average Bonchev–Trinajstić information content (AvgIpc) is 2.38. The minimum absolute atomic E-state index is 0.0541. The van der Waals surface area contributed by atoms with E-state index in [4.69, 9.17) is 14.9 Å². The van der Waals surface area contributed by atoms with Gasteiger partial charge in [0.15, 0.2) is 14.4 Å². The summed E-state index contributed by atoms with van der Waals surface area (Å²) >= 11 is 0. The molecule has 21 heavy (non-hydrogen) atoms. The molecule has 3 atom stereocenters. The second-order valence-corrected chi connectivity index (χ2v) is 12.1. The number of likely N-dealkylation sites (tertiary alicyclic amines) is 1. The van der Waals surface area contributed by atoms with Gasteiger partial charge in [0.05, 0.1) is 12.1 Å². The van der Waals surface area contributed by atoms with Crippen LogP contribution < -0.4 is 5.73 Å². The fraction of sp³-hybridized carbons (Fsp3) is 0.933. The van der Waals surface area contributed by atoms with Gasteiger partial charge in [0, 0.05) is 20.2 Å². The fourth-order valence-electron chi connectivity index (χ4n) is 2.49. The van der Waals surface area contributed by atoms with Crippen molar-refractivity contribution in [2.24, 2.45) is 5.73 Å². The van der Waals surface area contributed by atoms with Gasteiger partial charge in [-0.2, -0.15) is 0 Å². The van der Waals surface area contributed by atoms with Gasteiger partial charge < -0.3 is 19.8 Å². The van der Waals surface area contributed by atoms with Crippen LogP contribution in [-0.4, -0.2) is 57.6 Å². The topological polar surface area (TPSA) is 64.8 Å². The van der Waals surface area contributed by atoms with Crippen molar-refractivity contribution in [1.29, 1.82) is 0 Å². The molecule has 0 aromatic heterocycles. The van der Waals surface area contributed by atoms with Crippen LogP contribution in [0.3, 0.4) is 0 Å². The van der Waals surface area contributed by atoms with Crippen molar-refractivity contribution in [1.82, 2.24) is 4.90 Å². The van der Waals surface area contributed by atoms with Crippen LogP contribution in [0.5, 0.6) is 0 Å². The molecule has 0 saturated carbocycles. The molecule has 1 saturated heterocycles. The SMILES string of the molecule is CCCN1C(=O)[C@H](OC)[C@@H]1[C@@H](CN)O[Si](C)(C)C(C)(C)C. The Morgan fingerprint density at radius 2 is 1.95 bits per heavy atom. The maximum atomic E-state index is 12.1. The van der Waals surface area contributed by atoms with E-state index < -0.39 is 14.4 Å². The molecular weight excluding hydrogens is 284 g/mol. The summed E-state index contributed by atoms with van der Waals surface area (Å²) in [5.74, 6) is 0.0571. The Morgan fingerprint density at radius 1 is 1.38 bits per heavy atom. The third-order valence-corrected chi connectivity index (χ3v) is 9.28. The van der Waals surface area contributed by atoms with E-state index in [-0.39, 0.29) is 23.1 Å². The number of carbonyl (C=O) groups is 1. The van der Waals surface area contributed by atoms with Gasteiger partial charge in [0.25, 0.3) is 5.91 Å². The number of hydrogen-bond acceptors (Lipinski definition) is 4. The van der Waals surface area contributed by atoms with Crippen molar-refractivity contribution < 1.29 is 14.0 Å². The third-order valence-electron chi connectivity index (χ3n) is 4.78. The average molecular weight is 317 g/mol. The molecule has 0 radical (unpaired) electrons. The molecule has 0 aromatic carbocycles. The number of β-lactam (4-membered cyclic amide) rings is 1. The first-order chi connectivity index (χ1) is 9.60. The zero-order valence-corrected chi connectivity index (χ0v) is 15.6. The monoisotopic (exact) mass is 316 g/mol. The van der Waals surface area contributed by atoms with E-state index in [1.807, 2.05) is 4.90 Å². The highest BCUT2D eigenvalue weighted by Gasteiger charge is 2.53. The first-order valence-electron chi connectivity index (χ1n) is 7.81. The van der Waals surface area contributed by atoms with Crippen molar-refractivity contribution in [3.63, 3.8) is 0 Å². The minimum Gasteiger partial charge on any atom is -0.410 e. The van der Waals surface area contributed by atoms with E-state index in [1.54, 1.807) is 7.11 Å². The van der Waals surface area contributed by atoms with Crippen LogP contribution in [-0.2, 0) is 14.0 Å². The normalized spacial score (nSPS) is 25.0. The second-order valence-electron chi connectivity index (χ2n) is 7.33. The van der Waals surface area contributed by atoms with Gasteiger partial charge in [-0.15, -0.1) is 0 Å². The third kappa shape index (κ3) is 3.67. The van der Waals surface area contributed by atoms with E-state index >= 15 is 0 Å². The van der Waals surface area contributed by atoms with Gasteiger partial charge >= 0.3 is 0 Å². The largest absolute Gasteiger partial charge is 0.410 e. The summed E-state index contributed by atoms with van der Waals surface area (Å²) in [7, 11) is -0.342. The molecule has 124 valence electrons. The van der Waals surface area contributed by atoms with E-state index in [2.05, 4.69) is 40.8 Å². The number of amides is 1. The number of carbonyl (C=O) groups excluding carboxylic acids is 1. The van der Waals surface area contributed by atoms with Crippen molar-refractivity contribution in [2.75, 3.05) is 20.2 Å². The van der Waals surface area contributed by atoms with Gasteiger partial charge in [-0.1, -0.05) is 27.7 Å². The highest BCUT2D eigenvalue weighted by atomic mass is 28.4. The van der Waals surface area contributed by atoms with Crippen LogP contribution in [0.1, 0.15) is 34.1 Å². The molecule has 1 amide bonds. The Hall–Kier alpha value is -0.433. The Balaban J connectivity index is 2.90. The molecule has 6 heteroatoms. The molecule has 0 spiro atoms. The van der Waals surface area contributed by atoms with Crippen molar-refractivity contribution in [3.05, 3.63) is 0 Å². The summed E-state index contributed by atoms with van der Waals surface area (Å²) in [4.78, 5) is 14.0. The van der Waals surface area contributed by atoms with Crippen LogP contribution in [0.4, 0.5) is 0 Å². The van der Waals surface area contributed by atoms with Crippen LogP contribution in [0.15, 0.2) is 0 Å². The van der Waals surface area contributed by atoms with Gasteiger partial charge in [-0.05, 0) is 24.6 Å². The molecule has 0 aromatic rings. The highest BCUT2D eigenvalue weighted by Crippen LogP contribution is 2.39. The maximum Gasteiger partial charge on any atom is 0.254 e. The van der Waals surface area contributed by atoms with Gasteiger partial charge in [0.2, 0.25) is 0 Å². The minimum atomic E-state index is -1.92. The fourth-order valence-corrected chi connectivity index (χ4v) is 3.83. The lowest BCUT2D eigenvalue weighted by molar-refractivity contribution is -0.179. The summed E-state index contributed by atoms with van der Waals surface area (Å²) < 4.78 is 11.8. The zero-order valence-electron chi connectivity index (χ0n) is 14.6. The molecule has 1 heterocycles. The van der Waals surface area contributed by atoms with Crippen molar-refractivity contribution in [3.8, 4) is 0 Å². The molecule has 0 bridgehead atoms. The second kappa shape index (κ2) is 6.77. The van der Waals surface area contributed by atoms with Crippen molar-refractivity contribution >= 4 is 14.2 Å². The smallest absolute Gasteiger partial charge is 0.254 e. The standard InChI is InChI=1S/C15H32N2O3Si/c1-8-9-17-12(13(19-5)14(17)18)11(10-16)20-21(6,7)15(2,3)4/h11-13H,8-10,16H2,1-7H3/t11-,12+,13-/m1/s1. The first kappa shape index (κ1) is 18.6. The molecule has 0 aliphatic carbocycles. The molecule has 2 N–H and O–H groups in total. The van der Waals surface area contributed by atoms with E-state index in [9.17, 15) is 4.79 Å². The molecule has 0 unspecified atom stereocenters. The Kier molecular flexibility index (Phi) is 6.00. The summed E-state index contributed by atoms with van der Waals surface area (Å²) in [6, 6.07) is -0.0541. The van der Waals surface area contributed by atoms with Gasteiger partial charge in [-0.25, -0.2) is 0 Å². The maximum absolute atomic E-state index is 12.1. The lowest BCUT2D eigenvalue weighted by atomic mass is 9.92.